The minimum Gasteiger partial charge on any atom is -0.493 e. The highest BCUT2D eigenvalue weighted by Crippen LogP contribution is 2.39. The molecule has 0 aromatic heterocycles. The fourth-order valence-electron chi connectivity index (χ4n) is 1.82. The largest absolute Gasteiger partial charge is 0.493 e. The molecule has 2 N–H and O–H groups in total. The van der Waals surface area contributed by atoms with Gasteiger partial charge in [-0.25, -0.2) is 4.79 Å². The van der Waals surface area contributed by atoms with Gasteiger partial charge in [-0.1, -0.05) is 17.7 Å². The Bertz CT molecular complexity index is 451. The zero-order chi connectivity index (χ0) is 12.4. The average molecular weight is 257 g/mol. The molecule has 1 aliphatic rings. The Hall–Kier alpha value is -1.62. The molecule has 1 aromatic carbocycles. The summed E-state index contributed by atoms with van der Waals surface area (Å²) in [6, 6.07) is 3.25. The zero-order valence-electron chi connectivity index (χ0n) is 9.54. The predicted octanol–water partition coefficient (Wildman–Crippen LogP) is 1.71. The summed E-state index contributed by atoms with van der Waals surface area (Å²) in [6.07, 6.45) is 0. The van der Waals surface area contributed by atoms with Crippen molar-refractivity contribution in [2.45, 2.75) is 6.04 Å². The van der Waals surface area contributed by atoms with Crippen molar-refractivity contribution >= 4 is 17.6 Å². The molecular weight excluding hydrogens is 244 g/mol. The van der Waals surface area contributed by atoms with E-state index in [9.17, 15) is 4.79 Å². The molecule has 92 valence electrons. The summed E-state index contributed by atoms with van der Waals surface area (Å²) in [7, 11) is 3.08. The van der Waals surface area contributed by atoms with Gasteiger partial charge in [-0.15, -0.1) is 0 Å². The maximum absolute atomic E-state index is 11.1. The number of rotatable bonds is 3. The van der Waals surface area contributed by atoms with Gasteiger partial charge in [0.15, 0.2) is 11.5 Å². The number of methoxy groups -OCH3 is 2. The van der Waals surface area contributed by atoms with Crippen LogP contribution < -0.4 is 20.1 Å². The molecule has 1 atom stereocenters. The van der Waals surface area contributed by atoms with Crippen molar-refractivity contribution in [1.82, 2.24) is 10.6 Å². The highest BCUT2D eigenvalue weighted by molar-refractivity contribution is 6.33. The van der Waals surface area contributed by atoms with Gasteiger partial charge in [-0.2, -0.15) is 0 Å². The van der Waals surface area contributed by atoms with Gasteiger partial charge in [0, 0.05) is 6.54 Å². The van der Waals surface area contributed by atoms with Crippen molar-refractivity contribution in [2.75, 3.05) is 20.8 Å². The van der Waals surface area contributed by atoms with Crippen molar-refractivity contribution in [3.05, 3.63) is 22.7 Å². The third-order valence-electron chi connectivity index (χ3n) is 2.66. The normalized spacial score (nSPS) is 18.5. The van der Waals surface area contributed by atoms with Gasteiger partial charge < -0.3 is 20.1 Å². The molecule has 5 nitrogen and oxygen atoms in total. The monoisotopic (exact) mass is 256 g/mol. The number of hydrogen-bond donors (Lipinski definition) is 2. The number of carbonyl (C=O) groups is 1. The quantitative estimate of drug-likeness (QED) is 0.866. The highest BCUT2D eigenvalue weighted by atomic mass is 35.5. The van der Waals surface area contributed by atoms with Crippen LogP contribution in [0.2, 0.25) is 5.02 Å². The molecule has 0 radical (unpaired) electrons. The molecule has 17 heavy (non-hydrogen) atoms. The first-order chi connectivity index (χ1) is 8.17. The number of urea groups is 1. The van der Waals surface area contributed by atoms with Crippen LogP contribution in [0.5, 0.6) is 11.5 Å². The summed E-state index contributed by atoms with van der Waals surface area (Å²) in [5.41, 5.74) is 0.808. The third-order valence-corrected chi connectivity index (χ3v) is 3.05. The van der Waals surface area contributed by atoms with Gasteiger partial charge in [-0.05, 0) is 11.6 Å². The smallest absolute Gasteiger partial charge is 0.315 e. The number of ether oxygens (including phenoxy) is 2. The van der Waals surface area contributed by atoms with E-state index in [1.807, 2.05) is 6.07 Å². The molecule has 1 heterocycles. The second kappa shape index (κ2) is 4.71. The lowest BCUT2D eigenvalue weighted by molar-refractivity contribution is 0.247. The number of nitrogens with one attached hydrogen (secondary N) is 2. The minimum absolute atomic E-state index is 0.144. The van der Waals surface area contributed by atoms with E-state index in [1.54, 1.807) is 13.2 Å². The molecule has 1 aromatic rings. The van der Waals surface area contributed by atoms with Crippen LogP contribution in [-0.2, 0) is 0 Å². The molecule has 2 rings (SSSR count). The van der Waals surface area contributed by atoms with Crippen LogP contribution in [0.3, 0.4) is 0 Å². The van der Waals surface area contributed by atoms with Crippen LogP contribution in [0, 0.1) is 0 Å². The van der Waals surface area contributed by atoms with Gasteiger partial charge in [0.2, 0.25) is 0 Å². The van der Waals surface area contributed by atoms with Crippen LogP contribution in [0.4, 0.5) is 4.79 Å². The second-order valence-electron chi connectivity index (χ2n) is 3.61. The molecule has 1 aliphatic heterocycles. The number of halogens is 1. The van der Waals surface area contributed by atoms with Gasteiger partial charge in [-0.3, -0.25) is 0 Å². The first kappa shape index (κ1) is 11.9. The van der Waals surface area contributed by atoms with Crippen molar-refractivity contribution in [2.24, 2.45) is 0 Å². The molecule has 0 bridgehead atoms. The lowest BCUT2D eigenvalue weighted by Crippen LogP contribution is -2.21. The Balaban J connectivity index is 2.38. The molecule has 1 saturated heterocycles. The van der Waals surface area contributed by atoms with Gasteiger partial charge in [0.05, 0.1) is 25.3 Å². The van der Waals surface area contributed by atoms with Crippen molar-refractivity contribution in [3.63, 3.8) is 0 Å². The summed E-state index contributed by atoms with van der Waals surface area (Å²) >= 11 is 6.24. The molecule has 0 aliphatic carbocycles. The van der Waals surface area contributed by atoms with E-state index in [4.69, 9.17) is 21.1 Å². The van der Waals surface area contributed by atoms with Crippen molar-refractivity contribution in [3.8, 4) is 11.5 Å². The van der Waals surface area contributed by atoms with Crippen LogP contribution >= 0.6 is 11.6 Å². The molecule has 6 heteroatoms. The van der Waals surface area contributed by atoms with Crippen LogP contribution in [0.15, 0.2) is 12.1 Å². The maximum Gasteiger partial charge on any atom is 0.315 e. The average Bonchev–Trinajstić information content (AvgIpc) is 2.75. The topological polar surface area (TPSA) is 59.6 Å². The summed E-state index contributed by atoms with van der Waals surface area (Å²) in [6.45, 7) is 0.508. The van der Waals surface area contributed by atoms with Gasteiger partial charge in [0.1, 0.15) is 0 Å². The number of hydrogen-bond acceptors (Lipinski definition) is 3. The van der Waals surface area contributed by atoms with Crippen LogP contribution in [0.25, 0.3) is 0 Å². The Morgan fingerprint density at radius 3 is 2.65 bits per heavy atom. The summed E-state index contributed by atoms with van der Waals surface area (Å²) in [5, 5.41) is 5.91. The van der Waals surface area contributed by atoms with E-state index in [0.29, 0.717) is 23.1 Å². The molecular formula is C11H13ClN2O3. The number of carbonyl (C=O) groups excluding carboxylic acids is 1. The summed E-state index contributed by atoms with van der Waals surface area (Å²) in [5.74, 6) is 1.05. The first-order valence-corrected chi connectivity index (χ1v) is 5.50. The predicted molar refractivity (Wildman–Crippen MR) is 63.8 cm³/mol. The molecule has 0 saturated carbocycles. The summed E-state index contributed by atoms with van der Waals surface area (Å²) < 4.78 is 10.3. The van der Waals surface area contributed by atoms with E-state index in [2.05, 4.69) is 10.6 Å². The molecule has 0 spiro atoms. The number of benzene rings is 1. The second-order valence-corrected chi connectivity index (χ2v) is 3.99. The fourth-order valence-corrected chi connectivity index (χ4v) is 2.18. The zero-order valence-corrected chi connectivity index (χ0v) is 10.3. The lowest BCUT2D eigenvalue weighted by Gasteiger charge is -2.16. The van der Waals surface area contributed by atoms with E-state index in [-0.39, 0.29) is 12.1 Å². The van der Waals surface area contributed by atoms with Crippen molar-refractivity contribution < 1.29 is 14.3 Å². The molecule has 0 unspecified atom stereocenters. The first-order valence-electron chi connectivity index (χ1n) is 5.12. The fraction of sp³-hybridized carbons (Fsp3) is 0.364. The van der Waals surface area contributed by atoms with E-state index < -0.39 is 0 Å². The Morgan fingerprint density at radius 2 is 2.12 bits per heavy atom. The summed E-state index contributed by atoms with van der Waals surface area (Å²) in [4.78, 5) is 11.1. The third kappa shape index (κ3) is 2.10. The SMILES string of the molecule is COc1ccc([C@H]2CNC(=O)N2)c(Cl)c1OC. The number of amides is 2. The van der Waals surface area contributed by atoms with Crippen LogP contribution in [-0.4, -0.2) is 26.8 Å². The standard InChI is InChI=1S/C11H13ClN2O3/c1-16-8-4-3-6(9(12)10(8)17-2)7-5-13-11(15)14-7/h3-4,7H,5H2,1-2H3,(H2,13,14,15)/t7-/m1/s1. The lowest BCUT2D eigenvalue weighted by atomic mass is 10.1. The van der Waals surface area contributed by atoms with Crippen molar-refractivity contribution in [1.29, 1.82) is 0 Å². The van der Waals surface area contributed by atoms with E-state index in [1.165, 1.54) is 7.11 Å². The van der Waals surface area contributed by atoms with Gasteiger partial charge >= 0.3 is 6.03 Å². The Morgan fingerprint density at radius 1 is 1.35 bits per heavy atom. The Labute approximate surface area is 104 Å². The molecule has 1 fully saturated rings. The van der Waals surface area contributed by atoms with E-state index in [0.717, 1.165) is 5.56 Å². The molecule has 2 amide bonds. The van der Waals surface area contributed by atoms with Gasteiger partial charge in [0.25, 0.3) is 0 Å². The minimum atomic E-state index is -0.194. The van der Waals surface area contributed by atoms with Crippen LogP contribution in [0.1, 0.15) is 11.6 Å². The maximum atomic E-state index is 11.1. The Kier molecular flexibility index (Phi) is 3.28. The van der Waals surface area contributed by atoms with E-state index >= 15 is 0 Å². The highest BCUT2D eigenvalue weighted by Gasteiger charge is 2.26.